The van der Waals surface area contributed by atoms with E-state index in [9.17, 15) is 4.79 Å². The molecule has 0 atom stereocenters. The van der Waals surface area contributed by atoms with Gasteiger partial charge in [-0.2, -0.15) is 5.01 Å². The van der Waals surface area contributed by atoms with E-state index < -0.39 is 5.54 Å². The number of hydrazine groups is 1. The van der Waals surface area contributed by atoms with Crippen molar-refractivity contribution in [1.29, 1.82) is 0 Å². The van der Waals surface area contributed by atoms with Gasteiger partial charge < -0.3 is 0 Å². The number of nitrogens with one attached hydrogen (secondary N) is 1. The van der Waals surface area contributed by atoms with Gasteiger partial charge in [-0.05, 0) is 32.4 Å². The van der Waals surface area contributed by atoms with E-state index in [1.807, 2.05) is 44.2 Å². The Kier molecular flexibility index (Phi) is 5.89. The molecule has 1 heterocycles. The van der Waals surface area contributed by atoms with Gasteiger partial charge in [0, 0.05) is 5.75 Å². The van der Waals surface area contributed by atoms with Crippen LogP contribution in [-0.4, -0.2) is 27.4 Å². The second kappa shape index (κ2) is 7.68. The van der Waals surface area contributed by atoms with Crippen LogP contribution in [-0.2, 0) is 4.79 Å². The first-order valence-electron chi connectivity index (χ1n) is 7.93. The highest BCUT2D eigenvalue weighted by atomic mass is 32.2. The van der Waals surface area contributed by atoms with Gasteiger partial charge in [0.25, 0.3) is 5.91 Å². The normalized spacial score (nSPS) is 16.8. The molecule has 0 bridgehead atoms. The molecule has 0 fully saturated rings. The van der Waals surface area contributed by atoms with E-state index in [4.69, 9.17) is 0 Å². The molecule has 1 N–H and O–H groups in total. The Morgan fingerprint density at radius 1 is 1.18 bits per heavy atom. The van der Waals surface area contributed by atoms with Gasteiger partial charge in [0.15, 0.2) is 5.17 Å². The molecule has 0 spiro atoms. The Morgan fingerprint density at radius 2 is 1.91 bits per heavy atom. The summed E-state index contributed by atoms with van der Waals surface area (Å²) in [5, 5.41) is 2.37. The highest BCUT2D eigenvalue weighted by Crippen LogP contribution is 2.28. The van der Waals surface area contributed by atoms with Crippen LogP contribution in [0.4, 0.5) is 5.69 Å². The Morgan fingerprint density at radius 3 is 2.59 bits per heavy atom. The van der Waals surface area contributed by atoms with Crippen LogP contribution in [0.15, 0.2) is 35.3 Å². The standard InChI is InChI=1S/C17H25N3OS/c1-4-5-6-10-13-22-16-18-17(2,3)15(21)20(16)19-14-11-8-7-9-12-14/h7-9,11-12,19H,4-6,10,13H2,1-3H3. The van der Waals surface area contributed by atoms with Crippen molar-refractivity contribution in [2.75, 3.05) is 11.2 Å². The molecule has 1 aliphatic rings. The van der Waals surface area contributed by atoms with Crippen LogP contribution in [0.2, 0.25) is 0 Å². The minimum absolute atomic E-state index is 0.00703. The van der Waals surface area contributed by atoms with Crippen LogP contribution in [0.25, 0.3) is 0 Å². The van der Waals surface area contributed by atoms with E-state index in [0.29, 0.717) is 0 Å². The number of benzene rings is 1. The quantitative estimate of drug-likeness (QED) is 0.762. The summed E-state index contributed by atoms with van der Waals surface area (Å²) in [4.78, 5) is 17.1. The number of hydrogen-bond donors (Lipinski definition) is 1. The van der Waals surface area contributed by atoms with Gasteiger partial charge in [-0.25, -0.2) is 4.99 Å². The molecule has 1 aromatic carbocycles. The lowest BCUT2D eigenvalue weighted by Gasteiger charge is -2.22. The smallest absolute Gasteiger partial charge is 0.274 e. The van der Waals surface area contributed by atoms with E-state index in [1.165, 1.54) is 19.3 Å². The molecule has 0 aliphatic carbocycles. The maximum atomic E-state index is 12.5. The number of carbonyl (C=O) groups excluding carboxylic acids is 1. The van der Waals surface area contributed by atoms with E-state index in [2.05, 4.69) is 17.3 Å². The molecule has 1 aromatic rings. The fourth-order valence-corrected chi connectivity index (χ4v) is 3.31. The van der Waals surface area contributed by atoms with Crippen LogP contribution in [0.1, 0.15) is 46.5 Å². The third kappa shape index (κ3) is 4.26. The molecule has 0 unspecified atom stereocenters. The maximum absolute atomic E-state index is 12.5. The van der Waals surface area contributed by atoms with Crippen molar-refractivity contribution in [2.24, 2.45) is 4.99 Å². The number of unbranched alkanes of at least 4 members (excludes halogenated alkanes) is 3. The van der Waals surface area contributed by atoms with Crippen molar-refractivity contribution in [1.82, 2.24) is 5.01 Å². The highest BCUT2D eigenvalue weighted by Gasteiger charge is 2.41. The fraction of sp³-hybridized carbons (Fsp3) is 0.529. The van der Waals surface area contributed by atoms with Gasteiger partial charge >= 0.3 is 0 Å². The fourth-order valence-electron chi connectivity index (χ4n) is 2.23. The molecule has 1 amide bonds. The summed E-state index contributed by atoms with van der Waals surface area (Å²) in [6.45, 7) is 5.93. The molecule has 1 aliphatic heterocycles. The average Bonchev–Trinajstić information content (AvgIpc) is 2.71. The first-order valence-corrected chi connectivity index (χ1v) is 8.92. The predicted octanol–water partition coefficient (Wildman–Crippen LogP) is 4.30. The zero-order chi connectivity index (χ0) is 16.0. The van der Waals surface area contributed by atoms with Gasteiger partial charge in [-0.15, -0.1) is 0 Å². The number of thioether (sulfide) groups is 1. The number of anilines is 1. The Hall–Kier alpha value is -1.49. The van der Waals surface area contributed by atoms with Crippen LogP contribution in [0, 0.1) is 0 Å². The summed E-state index contributed by atoms with van der Waals surface area (Å²) in [5.74, 6) is 0.988. The van der Waals surface area contributed by atoms with Crippen molar-refractivity contribution in [3.8, 4) is 0 Å². The topological polar surface area (TPSA) is 44.7 Å². The van der Waals surface area contributed by atoms with E-state index >= 15 is 0 Å². The highest BCUT2D eigenvalue weighted by molar-refractivity contribution is 8.13. The first kappa shape index (κ1) is 16.9. The summed E-state index contributed by atoms with van der Waals surface area (Å²) in [7, 11) is 0. The van der Waals surface area contributed by atoms with E-state index in [0.717, 1.165) is 23.0 Å². The second-order valence-corrected chi connectivity index (χ2v) is 7.04. The monoisotopic (exact) mass is 319 g/mol. The maximum Gasteiger partial charge on any atom is 0.274 e. The lowest BCUT2D eigenvalue weighted by Crippen LogP contribution is -2.42. The number of amides is 1. The molecular formula is C17H25N3OS. The lowest BCUT2D eigenvalue weighted by atomic mass is 10.1. The largest absolute Gasteiger partial charge is 0.289 e. The molecule has 5 heteroatoms. The molecule has 0 saturated heterocycles. The number of nitrogens with zero attached hydrogens (tertiary/aromatic N) is 2. The van der Waals surface area contributed by atoms with Crippen molar-refractivity contribution < 1.29 is 4.79 Å². The van der Waals surface area contributed by atoms with Crippen molar-refractivity contribution in [3.05, 3.63) is 30.3 Å². The van der Waals surface area contributed by atoms with Crippen LogP contribution in [0.3, 0.4) is 0 Å². The molecule has 0 radical (unpaired) electrons. The summed E-state index contributed by atoms with van der Waals surface area (Å²) in [6, 6.07) is 9.74. The minimum Gasteiger partial charge on any atom is -0.289 e. The number of aliphatic imine (C=N–C) groups is 1. The van der Waals surface area contributed by atoms with Gasteiger partial charge in [-0.1, -0.05) is 56.1 Å². The van der Waals surface area contributed by atoms with Gasteiger partial charge in [0.05, 0.1) is 5.69 Å². The molecule has 0 aromatic heterocycles. The molecule has 2 rings (SSSR count). The van der Waals surface area contributed by atoms with Gasteiger partial charge in [0.2, 0.25) is 0 Å². The third-order valence-corrected chi connectivity index (χ3v) is 4.56. The van der Waals surface area contributed by atoms with Gasteiger partial charge in [0.1, 0.15) is 5.54 Å². The Balaban J connectivity index is 1.99. The summed E-state index contributed by atoms with van der Waals surface area (Å²) >= 11 is 1.66. The van der Waals surface area contributed by atoms with Crippen LogP contribution >= 0.6 is 11.8 Å². The Bertz CT molecular complexity index is 528. The Labute approximate surface area is 137 Å². The number of hydrogen-bond acceptors (Lipinski definition) is 4. The number of para-hydroxylation sites is 1. The SMILES string of the molecule is CCCCCCSC1=NC(C)(C)C(=O)N1Nc1ccccc1. The summed E-state index contributed by atoms with van der Waals surface area (Å²) in [5.41, 5.74) is 3.39. The lowest BCUT2D eigenvalue weighted by molar-refractivity contribution is -0.129. The second-order valence-electron chi connectivity index (χ2n) is 5.98. The molecule has 4 nitrogen and oxygen atoms in total. The van der Waals surface area contributed by atoms with E-state index in [-0.39, 0.29) is 5.91 Å². The molecule has 22 heavy (non-hydrogen) atoms. The molecule has 120 valence electrons. The van der Waals surface area contributed by atoms with Crippen LogP contribution < -0.4 is 5.43 Å². The van der Waals surface area contributed by atoms with Gasteiger partial charge in [-0.3, -0.25) is 10.2 Å². The summed E-state index contributed by atoms with van der Waals surface area (Å²) in [6.07, 6.45) is 4.90. The predicted molar refractivity (Wildman–Crippen MR) is 95.0 cm³/mol. The first-order chi connectivity index (χ1) is 10.5. The zero-order valence-electron chi connectivity index (χ0n) is 13.6. The number of amidine groups is 1. The minimum atomic E-state index is -0.687. The van der Waals surface area contributed by atoms with E-state index in [1.54, 1.807) is 16.8 Å². The zero-order valence-corrected chi connectivity index (χ0v) is 14.4. The van der Waals surface area contributed by atoms with Crippen molar-refractivity contribution >= 4 is 28.5 Å². The number of carbonyl (C=O) groups is 1. The van der Waals surface area contributed by atoms with Crippen molar-refractivity contribution in [3.63, 3.8) is 0 Å². The van der Waals surface area contributed by atoms with Crippen LogP contribution in [0.5, 0.6) is 0 Å². The average molecular weight is 319 g/mol. The molecular weight excluding hydrogens is 294 g/mol. The third-order valence-electron chi connectivity index (χ3n) is 3.54. The molecule has 0 saturated carbocycles. The summed E-state index contributed by atoms with van der Waals surface area (Å²) < 4.78 is 0. The van der Waals surface area contributed by atoms with Crippen molar-refractivity contribution in [2.45, 2.75) is 52.0 Å². The number of rotatable bonds is 7.